The highest BCUT2D eigenvalue weighted by Gasteiger charge is 2.35. The van der Waals surface area contributed by atoms with E-state index in [0.29, 0.717) is 18.1 Å². The summed E-state index contributed by atoms with van der Waals surface area (Å²) < 4.78 is 13.2. The summed E-state index contributed by atoms with van der Waals surface area (Å²) in [6, 6.07) is 20.1. The summed E-state index contributed by atoms with van der Waals surface area (Å²) in [6.45, 7) is 9.49. The molecule has 8 nitrogen and oxygen atoms in total. The van der Waals surface area contributed by atoms with Crippen molar-refractivity contribution >= 4 is 30.9 Å². The highest BCUT2D eigenvalue weighted by Crippen LogP contribution is 2.29. The first-order valence-electron chi connectivity index (χ1n) is 13.8. The molecule has 0 unspecified atom stereocenters. The molecule has 3 aromatic rings. The normalized spacial score (nSPS) is 17.6. The second-order valence-electron chi connectivity index (χ2n) is 10.7. The minimum absolute atomic E-state index is 0.290. The van der Waals surface area contributed by atoms with Gasteiger partial charge in [-0.05, 0) is 49.4 Å². The lowest BCUT2D eigenvalue weighted by Gasteiger charge is -2.29. The van der Waals surface area contributed by atoms with Gasteiger partial charge < -0.3 is 14.8 Å². The molecule has 0 saturated carbocycles. The number of hydrogen-bond donors (Lipinski definition) is 2. The lowest BCUT2D eigenvalue weighted by molar-refractivity contribution is 0.0322. The molecule has 2 aliphatic rings. The number of anilines is 2. The van der Waals surface area contributed by atoms with Crippen LogP contribution >= 0.6 is 0 Å². The summed E-state index contributed by atoms with van der Waals surface area (Å²) >= 11 is 0. The van der Waals surface area contributed by atoms with E-state index in [0.717, 1.165) is 44.3 Å². The van der Waals surface area contributed by atoms with Crippen molar-refractivity contribution in [2.24, 2.45) is 0 Å². The van der Waals surface area contributed by atoms with E-state index in [4.69, 9.17) is 14.6 Å². The number of amides is 2. The number of aryl methyl sites for hydroxylation is 1. The Bertz CT molecular complexity index is 1200. The molecule has 2 fully saturated rings. The van der Waals surface area contributed by atoms with Crippen molar-refractivity contribution in [3.63, 3.8) is 0 Å². The lowest BCUT2D eigenvalue weighted by Crippen LogP contribution is -2.47. The fourth-order valence-electron chi connectivity index (χ4n) is 5.27. The molecule has 2 aromatic carbocycles. The van der Waals surface area contributed by atoms with Crippen LogP contribution in [0.1, 0.15) is 24.8 Å². The molecule has 0 radical (unpaired) electrons. The third-order valence-corrected chi connectivity index (χ3v) is 12.1. The standard InChI is InChI=1S/C29H39N5O3Si/c1-23-6-10-25(11-7-23)34-27(22-28(32-34)38(2)20-4-3-5-21-38)31-29(35)30-24-8-12-26(13-9-24)37-19-16-33-14-17-36-18-15-33/h6-13,22H,3-5,14-21H2,1-2H3,(H2,30,31,35). The van der Waals surface area contributed by atoms with Crippen molar-refractivity contribution in [3.05, 3.63) is 60.2 Å². The molecule has 0 spiro atoms. The maximum absolute atomic E-state index is 13.0. The first-order valence-corrected chi connectivity index (χ1v) is 16.7. The number of urea groups is 1. The van der Waals surface area contributed by atoms with Crippen molar-refractivity contribution < 1.29 is 14.3 Å². The lowest BCUT2D eigenvalue weighted by atomic mass is 10.2. The van der Waals surface area contributed by atoms with Gasteiger partial charge in [0.1, 0.15) is 26.2 Å². The molecule has 3 heterocycles. The van der Waals surface area contributed by atoms with Gasteiger partial charge in [0.2, 0.25) is 0 Å². The van der Waals surface area contributed by atoms with Crippen LogP contribution in [0, 0.1) is 6.92 Å². The van der Waals surface area contributed by atoms with Gasteiger partial charge in [0.05, 0.1) is 18.9 Å². The van der Waals surface area contributed by atoms with Gasteiger partial charge in [-0.15, -0.1) is 0 Å². The van der Waals surface area contributed by atoms with Crippen LogP contribution in [0.25, 0.3) is 5.69 Å². The average Bonchev–Trinajstić information content (AvgIpc) is 3.35. The highest BCUT2D eigenvalue weighted by atomic mass is 28.3. The molecule has 2 N–H and O–H groups in total. The highest BCUT2D eigenvalue weighted by molar-refractivity contribution is 6.90. The smallest absolute Gasteiger partial charge is 0.324 e. The SMILES string of the molecule is Cc1ccc(-n2nc([Si]3(C)CCCCC3)cc2NC(=O)Nc2ccc(OCCN3CCOCC3)cc2)cc1. The molecule has 38 heavy (non-hydrogen) atoms. The third-order valence-electron chi connectivity index (χ3n) is 7.70. The van der Waals surface area contributed by atoms with Crippen LogP contribution in [-0.4, -0.2) is 68.2 Å². The molecule has 2 amide bonds. The number of aromatic nitrogens is 2. The first-order chi connectivity index (χ1) is 18.5. The van der Waals surface area contributed by atoms with Crippen LogP contribution in [0.5, 0.6) is 5.75 Å². The van der Waals surface area contributed by atoms with Crippen LogP contribution in [0.15, 0.2) is 54.6 Å². The van der Waals surface area contributed by atoms with Gasteiger partial charge in [-0.25, -0.2) is 9.48 Å². The Morgan fingerprint density at radius 1 is 1.00 bits per heavy atom. The molecule has 5 rings (SSSR count). The Hall–Kier alpha value is -3.14. The topological polar surface area (TPSA) is 80.7 Å². The number of hydrogen-bond acceptors (Lipinski definition) is 5. The van der Waals surface area contributed by atoms with E-state index >= 15 is 0 Å². The monoisotopic (exact) mass is 533 g/mol. The molecular formula is C29H39N5O3Si. The average molecular weight is 534 g/mol. The number of nitrogens with zero attached hydrogens (tertiary/aromatic N) is 3. The van der Waals surface area contributed by atoms with Crippen LogP contribution in [0.4, 0.5) is 16.3 Å². The number of ether oxygens (including phenoxy) is 2. The van der Waals surface area contributed by atoms with Gasteiger partial charge in [-0.1, -0.05) is 55.6 Å². The van der Waals surface area contributed by atoms with E-state index in [1.54, 1.807) is 0 Å². The number of rotatable bonds is 8. The van der Waals surface area contributed by atoms with Crippen molar-refractivity contribution in [1.29, 1.82) is 0 Å². The van der Waals surface area contributed by atoms with Crippen molar-refractivity contribution in [1.82, 2.24) is 14.7 Å². The molecule has 0 aliphatic carbocycles. The van der Waals surface area contributed by atoms with E-state index in [1.165, 1.54) is 42.2 Å². The number of carbonyl (C=O) groups excluding carboxylic acids is 1. The number of nitrogens with one attached hydrogen (secondary N) is 2. The third kappa shape index (κ3) is 6.64. The van der Waals surface area contributed by atoms with Gasteiger partial charge in [0.25, 0.3) is 0 Å². The Balaban J connectivity index is 1.23. The molecule has 2 saturated heterocycles. The Labute approximate surface area is 226 Å². The zero-order valence-electron chi connectivity index (χ0n) is 22.5. The second kappa shape index (κ2) is 12.1. The Morgan fingerprint density at radius 2 is 1.71 bits per heavy atom. The van der Waals surface area contributed by atoms with E-state index < -0.39 is 8.07 Å². The molecule has 0 bridgehead atoms. The molecule has 202 valence electrons. The van der Waals surface area contributed by atoms with Crippen LogP contribution in [0.2, 0.25) is 18.6 Å². The predicted octanol–water partition coefficient (Wildman–Crippen LogP) is 5.01. The van der Waals surface area contributed by atoms with Crippen LogP contribution in [0.3, 0.4) is 0 Å². The summed E-state index contributed by atoms with van der Waals surface area (Å²) in [5, 5.41) is 12.2. The van der Waals surface area contributed by atoms with Gasteiger partial charge in [-0.2, -0.15) is 5.10 Å². The molecule has 0 atom stereocenters. The van der Waals surface area contributed by atoms with Gasteiger partial charge in [0, 0.05) is 30.6 Å². The van der Waals surface area contributed by atoms with Crippen LogP contribution < -0.4 is 20.7 Å². The molecule has 2 aliphatic heterocycles. The molecule has 9 heteroatoms. The molecular weight excluding hydrogens is 494 g/mol. The largest absolute Gasteiger partial charge is 0.492 e. The van der Waals surface area contributed by atoms with Crippen molar-refractivity contribution in [2.45, 2.75) is 44.8 Å². The fourth-order valence-corrected chi connectivity index (χ4v) is 8.92. The van der Waals surface area contributed by atoms with Gasteiger partial charge >= 0.3 is 6.03 Å². The minimum Gasteiger partial charge on any atom is -0.492 e. The number of morpholine rings is 1. The number of benzene rings is 2. The summed E-state index contributed by atoms with van der Waals surface area (Å²) in [5.41, 5.74) is 2.85. The second-order valence-corrected chi connectivity index (χ2v) is 15.3. The minimum atomic E-state index is -1.65. The Kier molecular flexibility index (Phi) is 8.46. The number of carbonyl (C=O) groups is 1. The zero-order chi connectivity index (χ0) is 26.4. The first kappa shape index (κ1) is 26.5. The zero-order valence-corrected chi connectivity index (χ0v) is 23.5. The predicted molar refractivity (Wildman–Crippen MR) is 155 cm³/mol. The quantitative estimate of drug-likeness (QED) is 0.398. The summed E-state index contributed by atoms with van der Waals surface area (Å²) in [6.07, 6.45) is 3.86. The maximum Gasteiger partial charge on any atom is 0.324 e. The fraction of sp³-hybridized carbons (Fsp3) is 0.448. The summed E-state index contributed by atoms with van der Waals surface area (Å²) in [7, 11) is -1.65. The Morgan fingerprint density at radius 3 is 2.42 bits per heavy atom. The van der Waals surface area contributed by atoms with Gasteiger partial charge in [-0.3, -0.25) is 10.2 Å². The van der Waals surface area contributed by atoms with E-state index in [2.05, 4.69) is 59.3 Å². The van der Waals surface area contributed by atoms with Crippen molar-refractivity contribution in [3.8, 4) is 11.4 Å². The summed E-state index contributed by atoms with van der Waals surface area (Å²) in [5.74, 6) is 1.49. The van der Waals surface area contributed by atoms with Gasteiger partial charge in [0.15, 0.2) is 0 Å². The summed E-state index contributed by atoms with van der Waals surface area (Å²) in [4.78, 5) is 15.4. The molecule has 1 aromatic heterocycles. The van der Waals surface area contributed by atoms with Crippen LogP contribution in [-0.2, 0) is 4.74 Å². The van der Waals surface area contributed by atoms with E-state index in [9.17, 15) is 4.79 Å². The maximum atomic E-state index is 13.0. The van der Waals surface area contributed by atoms with E-state index in [1.807, 2.05) is 28.9 Å². The van der Waals surface area contributed by atoms with E-state index in [-0.39, 0.29) is 6.03 Å². The van der Waals surface area contributed by atoms with Crippen molar-refractivity contribution in [2.75, 3.05) is 50.1 Å².